The van der Waals surface area contributed by atoms with Gasteiger partial charge >= 0.3 is 11.9 Å². The first-order valence-electron chi connectivity index (χ1n) is 11.2. The number of carbonyl (C=O) groups is 2. The minimum atomic E-state index is -0.823. The predicted octanol–water partition coefficient (Wildman–Crippen LogP) is 5.72. The molecule has 0 radical (unpaired) electrons. The van der Waals surface area contributed by atoms with Crippen molar-refractivity contribution in [3.63, 3.8) is 0 Å². The predicted molar refractivity (Wildman–Crippen MR) is 111 cm³/mol. The molecule has 5 nitrogen and oxygen atoms in total. The van der Waals surface area contributed by atoms with Gasteiger partial charge in [-0.2, -0.15) is 0 Å². The molecule has 0 unspecified atom stereocenters. The Balaban J connectivity index is 3.47. The van der Waals surface area contributed by atoms with Crippen molar-refractivity contribution in [3.05, 3.63) is 0 Å². The standard InChI is InChI=1S/C22H43NO4/c1-2-3-4-5-6-7-8-9-10-11-12-13-14-15-18-23(19-16-21(24)25)20-17-22(26)27/h2-20H2,1H3,(H,24,25)(H,26,27). The van der Waals surface area contributed by atoms with Gasteiger partial charge in [0.25, 0.3) is 0 Å². The number of carboxylic acid groups (broad SMARTS) is 2. The van der Waals surface area contributed by atoms with Gasteiger partial charge in [-0.25, -0.2) is 0 Å². The fourth-order valence-corrected chi connectivity index (χ4v) is 3.37. The van der Waals surface area contributed by atoms with Crippen molar-refractivity contribution < 1.29 is 19.8 Å². The molecule has 0 aromatic carbocycles. The third kappa shape index (κ3) is 21.1. The summed E-state index contributed by atoms with van der Waals surface area (Å²) >= 11 is 0. The van der Waals surface area contributed by atoms with Crippen molar-refractivity contribution in [3.8, 4) is 0 Å². The van der Waals surface area contributed by atoms with Crippen LogP contribution in [0.2, 0.25) is 0 Å². The van der Waals surface area contributed by atoms with Gasteiger partial charge < -0.3 is 15.1 Å². The van der Waals surface area contributed by atoms with Gasteiger partial charge in [-0.3, -0.25) is 9.59 Å². The van der Waals surface area contributed by atoms with Gasteiger partial charge in [-0.1, -0.05) is 90.4 Å². The van der Waals surface area contributed by atoms with Crippen LogP contribution < -0.4 is 0 Å². The van der Waals surface area contributed by atoms with Crippen molar-refractivity contribution in [2.45, 2.75) is 110 Å². The van der Waals surface area contributed by atoms with E-state index in [1.807, 2.05) is 4.90 Å². The lowest BCUT2D eigenvalue weighted by Crippen LogP contribution is -2.30. The molecule has 0 amide bonds. The summed E-state index contributed by atoms with van der Waals surface area (Å²) in [5.41, 5.74) is 0. The minimum Gasteiger partial charge on any atom is -0.481 e. The molecular weight excluding hydrogens is 342 g/mol. The smallest absolute Gasteiger partial charge is 0.304 e. The topological polar surface area (TPSA) is 77.8 Å². The molecule has 2 N–H and O–H groups in total. The van der Waals surface area contributed by atoms with Gasteiger partial charge in [0.1, 0.15) is 0 Å². The largest absolute Gasteiger partial charge is 0.481 e. The van der Waals surface area contributed by atoms with Gasteiger partial charge in [0, 0.05) is 13.1 Å². The van der Waals surface area contributed by atoms with E-state index in [4.69, 9.17) is 10.2 Å². The van der Waals surface area contributed by atoms with Gasteiger partial charge in [0.15, 0.2) is 0 Å². The number of rotatable bonds is 21. The fraction of sp³-hybridized carbons (Fsp3) is 0.909. The van der Waals surface area contributed by atoms with Gasteiger partial charge in [-0.05, 0) is 13.0 Å². The monoisotopic (exact) mass is 385 g/mol. The first-order chi connectivity index (χ1) is 13.1. The SMILES string of the molecule is CCCCCCCCCCCCCCCCN(CCC(=O)O)CCC(=O)O. The lowest BCUT2D eigenvalue weighted by atomic mass is 10.0. The van der Waals surface area contributed by atoms with Crippen LogP contribution in [0.1, 0.15) is 110 Å². The van der Waals surface area contributed by atoms with E-state index < -0.39 is 11.9 Å². The summed E-state index contributed by atoms with van der Waals surface area (Å²) in [5, 5.41) is 17.6. The number of hydrogen-bond donors (Lipinski definition) is 2. The molecule has 0 saturated carbocycles. The van der Waals surface area contributed by atoms with E-state index in [9.17, 15) is 9.59 Å². The van der Waals surface area contributed by atoms with Crippen LogP contribution in [0.25, 0.3) is 0 Å². The van der Waals surface area contributed by atoms with Crippen LogP contribution in [0.3, 0.4) is 0 Å². The highest BCUT2D eigenvalue weighted by atomic mass is 16.4. The maximum absolute atomic E-state index is 10.7. The van der Waals surface area contributed by atoms with E-state index in [0.29, 0.717) is 13.1 Å². The van der Waals surface area contributed by atoms with Crippen molar-refractivity contribution >= 4 is 11.9 Å². The molecule has 0 aromatic rings. The highest BCUT2D eigenvalue weighted by molar-refractivity contribution is 5.67. The highest BCUT2D eigenvalue weighted by Gasteiger charge is 2.09. The molecule has 0 aliphatic heterocycles. The Labute approximate surface area is 166 Å². The zero-order valence-corrected chi connectivity index (χ0v) is 17.6. The second kappa shape index (κ2) is 19.7. The summed E-state index contributed by atoms with van der Waals surface area (Å²) in [7, 11) is 0. The summed E-state index contributed by atoms with van der Waals surface area (Å²) in [4.78, 5) is 23.4. The summed E-state index contributed by atoms with van der Waals surface area (Å²) in [5.74, 6) is -1.65. The van der Waals surface area contributed by atoms with Crippen LogP contribution in [0, 0.1) is 0 Å². The Bertz CT molecular complexity index is 342. The molecule has 5 heteroatoms. The van der Waals surface area contributed by atoms with Crippen LogP contribution in [-0.4, -0.2) is 46.7 Å². The molecule has 27 heavy (non-hydrogen) atoms. The zero-order valence-electron chi connectivity index (χ0n) is 17.6. The van der Waals surface area contributed by atoms with Crippen LogP contribution >= 0.6 is 0 Å². The Morgan fingerprint density at radius 1 is 0.556 bits per heavy atom. The molecule has 0 aliphatic rings. The summed E-state index contributed by atoms with van der Waals surface area (Å²) < 4.78 is 0. The molecule has 0 bridgehead atoms. The Kier molecular flexibility index (Phi) is 18.9. The third-order valence-corrected chi connectivity index (χ3v) is 5.11. The molecular formula is C22H43NO4. The maximum atomic E-state index is 10.7. The molecule has 0 fully saturated rings. The van der Waals surface area contributed by atoms with Gasteiger partial charge in [-0.15, -0.1) is 0 Å². The zero-order chi connectivity index (χ0) is 20.2. The van der Waals surface area contributed by atoms with Crippen molar-refractivity contribution in [2.24, 2.45) is 0 Å². The number of hydrogen-bond acceptors (Lipinski definition) is 3. The average molecular weight is 386 g/mol. The molecule has 0 spiro atoms. The number of carboxylic acids is 2. The van der Waals surface area contributed by atoms with E-state index in [1.54, 1.807) is 0 Å². The number of nitrogens with zero attached hydrogens (tertiary/aromatic N) is 1. The lowest BCUT2D eigenvalue weighted by Gasteiger charge is -2.20. The van der Waals surface area contributed by atoms with E-state index >= 15 is 0 Å². The quantitative estimate of drug-likeness (QED) is 0.247. The van der Waals surface area contributed by atoms with E-state index in [0.717, 1.165) is 19.4 Å². The van der Waals surface area contributed by atoms with E-state index in [2.05, 4.69) is 6.92 Å². The van der Waals surface area contributed by atoms with Crippen LogP contribution in [-0.2, 0) is 9.59 Å². The molecule has 0 heterocycles. The molecule has 0 rings (SSSR count). The van der Waals surface area contributed by atoms with E-state index in [1.165, 1.54) is 77.0 Å². The van der Waals surface area contributed by atoms with Crippen molar-refractivity contribution in [1.82, 2.24) is 4.90 Å². The van der Waals surface area contributed by atoms with Crippen LogP contribution in [0.5, 0.6) is 0 Å². The minimum absolute atomic E-state index is 0.0816. The Morgan fingerprint density at radius 3 is 1.22 bits per heavy atom. The molecule has 160 valence electrons. The Morgan fingerprint density at radius 2 is 0.889 bits per heavy atom. The van der Waals surface area contributed by atoms with Gasteiger partial charge in [0.2, 0.25) is 0 Å². The fourth-order valence-electron chi connectivity index (χ4n) is 3.37. The van der Waals surface area contributed by atoms with Crippen molar-refractivity contribution in [1.29, 1.82) is 0 Å². The maximum Gasteiger partial charge on any atom is 0.304 e. The van der Waals surface area contributed by atoms with E-state index in [-0.39, 0.29) is 12.8 Å². The normalized spacial score (nSPS) is 11.2. The first-order valence-corrected chi connectivity index (χ1v) is 11.2. The Hall–Kier alpha value is -1.10. The molecule has 0 aliphatic carbocycles. The molecule has 0 atom stereocenters. The van der Waals surface area contributed by atoms with Crippen LogP contribution in [0.4, 0.5) is 0 Å². The molecule has 0 aromatic heterocycles. The second-order valence-electron chi connectivity index (χ2n) is 7.73. The summed E-state index contributed by atoms with van der Waals surface area (Å²) in [6.07, 6.45) is 18.6. The first kappa shape index (κ1) is 25.9. The number of aliphatic carboxylic acids is 2. The van der Waals surface area contributed by atoms with Crippen LogP contribution in [0.15, 0.2) is 0 Å². The molecule has 0 saturated heterocycles. The third-order valence-electron chi connectivity index (χ3n) is 5.11. The average Bonchev–Trinajstić information content (AvgIpc) is 2.63. The lowest BCUT2D eigenvalue weighted by molar-refractivity contribution is -0.137. The van der Waals surface area contributed by atoms with Crippen molar-refractivity contribution in [2.75, 3.05) is 19.6 Å². The number of unbranched alkanes of at least 4 members (excludes halogenated alkanes) is 13. The summed E-state index contributed by atoms with van der Waals surface area (Å²) in [6.45, 7) is 3.95. The van der Waals surface area contributed by atoms with Gasteiger partial charge in [0.05, 0.1) is 12.8 Å². The highest BCUT2D eigenvalue weighted by Crippen LogP contribution is 2.13. The second-order valence-corrected chi connectivity index (χ2v) is 7.73. The summed E-state index contributed by atoms with van der Waals surface area (Å²) in [6, 6.07) is 0.